The van der Waals surface area contributed by atoms with Crippen LogP contribution in [0.4, 0.5) is 0 Å². The summed E-state index contributed by atoms with van der Waals surface area (Å²) in [6.07, 6.45) is -0.147. The molecule has 2 nitrogen and oxygen atoms in total. The standard InChI is InChI=1S/C15H9BrCl2O2/c16-8-4-5-13-10(6-8)12(19)7-14(20-13)9-2-1-3-11(17)15(9)18/h1-6,14H,7H2. The van der Waals surface area contributed by atoms with Crippen molar-refractivity contribution in [1.29, 1.82) is 0 Å². The minimum Gasteiger partial charge on any atom is -0.484 e. The van der Waals surface area contributed by atoms with Crippen molar-refractivity contribution in [2.45, 2.75) is 12.5 Å². The van der Waals surface area contributed by atoms with Crippen LogP contribution in [0.3, 0.4) is 0 Å². The molecule has 0 amide bonds. The van der Waals surface area contributed by atoms with E-state index >= 15 is 0 Å². The van der Waals surface area contributed by atoms with E-state index in [1.807, 2.05) is 12.1 Å². The normalized spacial score (nSPS) is 17.6. The molecular formula is C15H9BrCl2O2. The van der Waals surface area contributed by atoms with Gasteiger partial charge >= 0.3 is 0 Å². The Morgan fingerprint density at radius 3 is 2.80 bits per heavy atom. The number of rotatable bonds is 1. The van der Waals surface area contributed by atoms with Gasteiger partial charge in [-0.3, -0.25) is 4.79 Å². The summed E-state index contributed by atoms with van der Waals surface area (Å²) in [5, 5.41) is 0.898. The number of ether oxygens (including phenoxy) is 1. The van der Waals surface area contributed by atoms with Gasteiger partial charge in [0.1, 0.15) is 11.9 Å². The zero-order chi connectivity index (χ0) is 14.3. The summed E-state index contributed by atoms with van der Waals surface area (Å²) in [7, 11) is 0. The Hall–Kier alpha value is -1.03. The molecule has 0 saturated heterocycles. The molecule has 2 aromatic carbocycles. The van der Waals surface area contributed by atoms with E-state index in [4.69, 9.17) is 27.9 Å². The quantitative estimate of drug-likeness (QED) is 0.665. The molecule has 0 aliphatic carbocycles. The average molecular weight is 372 g/mol. The first-order valence-electron chi connectivity index (χ1n) is 5.99. The monoisotopic (exact) mass is 370 g/mol. The van der Waals surface area contributed by atoms with Crippen molar-refractivity contribution >= 4 is 44.9 Å². The molecule has 0 spiro atoms. The highest BCUT2D eigenvalue weighted by Gasteiger charge is 2.29. The number of Topliss-reactive ketones (excluding diaryl/α,β-unsaturated/α-hetero) is 1. The average Bonchev–Trinajstić information content (AvgIpc) is 2.42. The van der Waals surface area contributed by atoms with Gasteiger partial charge in [0.15, 0.2) is 5.78 Å². The third-order valence-corrected chi connectivity index (χ3v) is 4.54. The van der Waals surface area contributed by atoms with Crippen LogP contribution in [0.1, 0.15) is 28.4 Å². The molecule has 3 rings (SSSR count). The molecule has 0 fully saturated rings. The van der Waals surface area contributed by atoms with Gasteiger partial charge in [-0.2, -0.15) is 0 Å². The van der Waals surface area contributed by atoms with E-state index in [1.54, 1.807) is 24.3 Å². The molecule has 0 radical (unpaired) electrons. The molecule has 1 unspecified atom stereocenters. The molecule has 1 aliphatic heterocycles. The smallest absolute Gasteiger partial charge is 0.170 e. The van der Waals surface area contributed by atoms with Crippen LogP contribution >= 0.6 is 39.1 Å². The Kier molecular flexibility index (Phi) is 3.76. The molecule has 102 valence electrons. The number of hydrogen-bond donors (Lipinski definition) is 0. The highest BCUT2D eigenvalue weighted by atomic mass is 79.9. The van der Waals surface area contributed by atoms with E-state index in [0.717, 1.165) is 10.0 Å². The largest absolute Gasteiger partial charge is 0.484 e. The number of ketones is 1. The first-order chi connectivity index (χ1) is 9.56. The van der Waals surface area contributed by atoms with Gasteiger partial charge in [-0.15, -0.1) is 0 Å². The van der Waals surface area contributed by atoms with Gasteiger partial charge in [0.05, 0.1) is 22.0 Å². The lowest BCUT2D eigenvalue weighted by atomic mass is 9.96. The number of carbonyl (C=O) groups excluding carboxylic acids is 1. The van der Waals surface area contributed by atoms with Crippen molar-refractivity contribution in [2.75, 3.05) is 0 Å². The van der Waals surface area contributed by atoms with Crippen molar-refractivity contribution in [3.8, 4) is 5.75 Å². The molecule has 0 bridgehead atoms. The van der Waals surface area contributed by atoms with Crippen molar-refractivity contribution in [1.82, 2.24) is 0 Å². The molecule has 0 aromatic heterocycles. The Morgan fingerprint density at radius 2 is 2.00 bits per heavy atom. The number of halogens is 3. The topological polar surface area (TPSA) is 26.3 Å². The van der Waals surface area contributed by atoms with Crippen LogP contribution in [0.2, 0.25) is 10.0 Å². The summed E-state index contributed by atoms with van der Waals surface area (Å²) in [6, 6.07) is 10.7. The SMILES string of the molecule is O=C1CC(c2cccc(Cl)c2Cl)Oc2ccc(Br)cc21. The van der Waals surface area contributed by atoms with Gasteiger partial charge in [0.25, 0.3) is 0 Å². The summed E-state index contributed by atoms with van der Waals surface area (Å²) in [4.78, 5) is 12.2. The third kappa shape index (κ3) is 2.46. The summed E-state index contributed by atoms with van der Waals surface area (Å²) >= 11 is 15.6. The zero-order valence-electron chi connectivity index (χ0n) is 10.2. The number of hydrogen-bond acceptors (Lipinski definition) is 2. The van der Waals surface area contributed by atoms with E-state index in [2.05, 4.69) is 15.9 Å². The van der Waals surface area contributed by atoms with Gasteiger partial charge in [0, 0.05) is 10.0 Å². The molecule has 2 aromatic rings. The van der Waals surface area contributed by atoms with E-state index in [1.165, 1.54) is 0 Å². The van der Waals surface area contributed by atoms with Crippen LogP contribution in [0.5, 0.6) is 5.75 Å². The predicted octanol–water partition coefficient (Wildman–Crippen LogP) is 5.46. The minimum atomic E-state index is -0.401. The first-order valence-corrected chi connectivity index (χ1v) is 7.54. The van der Waals surface area contributed by atoms with Crippen LogP contribution in [0.15, 0.2) is 40.9 Å². The Labute approximate surface area is 134 Å². The minimum absolute atomic E-state index is 0.0357. The maximum absolute atomic E-state index is 12.2. The molecule has 20 heavy (non-hydrogen) atoms. The van der Waals surface area contributed by atoms with Crippen LogP contribution in [-0.2, 0) is 0 Å². The summed E-state index contributed by atoms with van der Waals surface area (Å²) < 4.78 is 6.75. The zero-order valence-corrected chi connectivity index (χ0v) is 13.3. The predicted molar refractivity (Wildman–Crippen MR) is 82.9 cm³/mol. The number of carbonyl (C=O) groups is 1. The van der Waals surface area contributed by atoms with Crippen LogP contribution in [0.25, 0.3) is 0 Å². The molecule has 1 atom stereocenters. The Morgan fingerprint density at radius 1 is 1.20 bits per heavy atom. The lowest BCUT2D eigenvalue weighted by Crippen LogP contribution is -2.20. The molecule has 5 heteroatoms. The lowest BCUT2D eigenvalue weighted by molar-refractivity contribution is 0.0850. The van der Waals surface area contributed by atoms with Gasteiger partial charge < -0.3 is 4.74 Å². The van der Waals surface area contributed by atoms with Gasteiger partial charge in [-0.25, -0.2) is 0 Å². The van der Waals surface area contributed by atoms with E-state index in [-0.39, 0.29) is 12.2 Å². The Balaban J connectivity index is 2.01. The summed E-state index contributed by atoms with van der Waals surface area (Å²) in [6.45, 7) is 0. The second kappa shape index (κ2) is 5.40. The summed E-state index contributed by atoms with van der Waals surface area (Å²) in [5.74, 6) is 0.610. The van der Waals surface area contributed by atoms with Gasteiger partial charge in [0.2, 0.25) is 0 Å². The first kappa shape index (κ1) is 13.9. The fraction of sp³-hybridized carbons (Fsp3) is 0.133. The fourth-order valence-corrected chi connectivity index (χ4v) is 3.03. The lowest BCUT2D eigenvalue weighted by Gasteiger charge is -2.26. The molecule has 1 heterocycles. The van der Waals surface area contributed by atoms with Crippen LogP contribution in [-0.4, -0.2) is 5.78 Å². The fourth-order valence-electron chi connectivity index (χ4n) is 2.24. The number of benzene rings is 2. The Bertz CT molecular complexity index is 700. The van der Waals surface area contributed by atoms with Crippen molar-refractivity contribution in [3.63, 3.8) is 0 Å². The van der Waals surface area contributed by atoms with Gasteiger partial charge in [-0.05, 0) is 24.3 Å². The van der Waals surface area contributed by atoms with Crippen molar-refractivity contribution < 1.29 is 9.53 Å². The third-order valence-electron chi connectivity index (χ3n) is 3.21. The van der Waals surface area contributed by atoms with Crippen molar-refractivity contribution in [2.24, 2.45) is 0 Å². The number of fused-ring (bicyclic) bond motifs is 1. The van der Waals surface area contributed by atoms with E-state index < -0.39 is 6.10 Å². The second-order valence-corrected chi connectivity index (χ2v) is 6.22. The molecular weight excluding hydrogens is 363 g/mol. The molecule has 0 saturated carbocycles. The van der Waals surface area contributed by atoms with Crippen LogP contribution in [0, 0.1) is 0 Å². The summed E-state index contributed by atoms with van der Waals surface area (Å²) in [5.41, 5.74) is 1.33. The van der Waals surface area contributed by atoms with Crippen molar-refractivity contribution in [3.05, 3.63) is 62.0 Å². The highest BCUT2D eigenvalue weighted by Crippen LogP contribution is 2.39. The maximum atomic E-state index is 12.2. The maximum Gasteiger partial charge on any atom is 0.170 e. The molecule has 0 N–H and O–H groups in total. The van der Waals surface area contributed by atoms with E-state index in [9.17, 15) is 4.79 Å². The highest BCUT2D eigenvalue weighted by molar-refractivity contribution is 9.10. The van der Waals surface area contributed by atoms with Crippen LogP contribution < -0.4 is 4.74 Å². The van der Waals surface area contributed by atoms with Gasteiger partial charge in [-0.1, -0.05) is 51.3 Å². The molecule has 1 aliphatic rings. The van der Waals surface area contributed by atoms with E-state index in [0.29, 0.717) is 21.4 Å². The second-order valence-electron chi connectivity index (χ2n) is 4.52.